The molecule has 0 N–H and O–H groups in total. The Kier molecular flexibility index (Phi) is 6.21. The summed E-state index contributed by atoms with van der Waals surface area (Å²) in [6, 6.07) is 63.5. The quantitative estimate of drug-likeness (QED) is 0.172. The summed E-state index contributed by atoms with van der Waals surface area (Å²) in [5.74, 6) is 0.660. The summed E-state index contributed by atoms with van der Waals surface area (Å²) in [5, 5.41) is 13.1. The normalized spacial score (nSPS) is 12.1. The number of hydrogen-bond donors (Lipinski definition) is 0. The van der Waals surface area contributed by atoms with Gasteiger partial charge in [-0.2, -0.15) is 0 Å². The Hall–Kier alpha value is -6.88. The molecule has 12 rings (SSSR count). The number of para-hydroxylation sites is 1. The first kappa shape index (κ1) is 29.7. The Bertz CT molecular complexity index is 3500. The molecular formula is C50H29N3S. The van der Waals surface area contributed by atoms with Crippen molar-refractivity contribution in [2.75, 3.05) is 0 Å². The van der Waals surface area contributed by atoms with Crippen molar-refractivity contribution in [3.05, 3.63) is 176 Å². The summed E-state index contributed by atoms with van der Waals surface area (Å²) in [7, 11) is 0. The van der Waals surface area contributed by atoms with Crippen LogP contribution in [0.3, 0.4) is 0 Å². The molecule has 0 saturated carbocycles. The van der Waals surface area contributed by atoms with Crippen LogP contribution >= 0.6 is 11.3 Å². The Morgan fingerprint density at radius 2 is 1.00 bits per heavy atom. The van der Waals surface area contributed by atoms with E-state index < -0.39 is 0 Å². The van der Waals surface area contributed by atoms with Crippen LogP contribution in [-0.2, 0) is 0 Å². The van der Waals surface area contributed by atoms with Crippen LogP contribution in [0.15, 0.2) is 176 Å². The molecule has 0 amide bonds. The monoisotopic (exact) mass is 703 g/mol. The van der Waals surface area contributed by atoms with Gasteiger partial charge in [-0.15, -0.1) is 11.3 Å². The van der Waals surface area contributed by atoms with E-state index in [-0.39, 0.29) is 0 Å². The maximum Gasteiger partial charge on any atom is 0.235 e. The summed E-state index contributed by atoms with van der Waals surface area (Å²) in [4.78, 5) is 11.2. The molecule has 12 aromatic rings. The number of fused-ring (bicyclic) bond motifs is 14. The van der Waals surface area contributed by atoms with E-state index in [4.69, 9.17) is 9.97 Å². The van der Waals surface area contributed by atoms with Crippen molar-refractivity contribution < 1.29 is 0 Å². The zero-order valence-corrected chi connectivity index (χ0v) is 29.8. The average molecular weight is 704 g/mol. The molecule has 0 aliphatic heterocycles. The van der Waals surface area contributed by atoms with E-state index in [1.54, 1.807) is 0 Å². The van der Waals surface area contributed by atoms with Crippen molar-refractivity contribution in [1.82, 2.24) is 14.5 Å². The van der Waals surface area contributed by atoms with Crippen LogP contribution in [0.4, 0.5) is 0 Å². The second kappa shape index (κ2) is 11.3. The van der Waals surface area contributed by atoms with Gasteiger partial charge >= 0.3 is 0 Å². The van der Waals surface area contributed by atoms with Gasteiger partial charge in [0.15, 0.2) is 0 Å². The van der Waals surface area contributed by atoms with Gasteiger partial charge in [-0.25, -0.2) is 9.97 Å². The first-order valence-corrected chi connectivity index (χ1v) is 19.2. The van der Waals surface area contributed by atoms with Crippen molar-refractivity contribution in [3.8, 4) is 28.3 Å². The van der Waals surface area contributed by atoms with E-state index in [0.717, 1.165) is 49.5 Å². The number of hydrogen-bond acceptors (Lipinski definition) is 3. The highest BCUT2D eigenvalue weighted by Gasteiger charge is 2.25. The Morgan fingerprint density at radius 1 is 0.370 bits per heavy atom. The molecule has 0 atom stereocenters. The summed E-state index contributed by atoms with van der Waals surface area (Å²) >= 11 is 1.86. The minimum absolute atomic E-state index is 0.660. The fourth-order valence-electron chi connectivity index (χ4n) is 8.91. The number of aromatic nitrogens is 3. The molecule has 250 valence electrons. The van der Waals surface area contributed by atoms with Crippen LogP contribution in [0.5, 0.6) is 0 Å². The fraction of sp³-hybridized carbons (Fsp3) is 0. The third-order valence-corrected chi connectivity index (χ3v) is 12.3. The average Bonchev–Trinajstić information content (AvgIpc) is 3.81. The van der Waals surface area contributed by atoms with Crippen LogP contribution in [0.2, 0.25) is 0 Å². The van der Waals surface area contributed by atoms with Crippen molar-refractivity contribution >= 4 is 96.5 Å². The lowest BCUT2D eigenvalue weighted by Crippen LogP contribution is -2.05. The molecule has 0 aliphatic rings. The highest BCUT2D eigenvalue weighted by Crippen LogP contribution is 2.47. The molecule has 4 heteroatoms. The Labute approximate surface area is 314 Å². The number of benzene rings is 9. The van der Waals surface area contributed by atoms with E-state index in [1.165, 1.54) is 58.1 Å². The van der Waals surface area contributed by atoms with Crippen LogP contribution < -0.4 is 0 Å². The standard InChI is InChI=1S/C50H29N3S/c1-2-15-31(16-3-1)46-41-29-28-30-14-4-5-17-32(30)47(41)52-50(51-46)53-48-38(36-23-13-27-43-44(36)39-22-10-11-26-42(39)54-43)24-12-25-40(48)45-35-20-8-6-18-33(35)34-19-7-9-21-37(34)49(45)53/h1-29H. The zero-order valence-electron chi connectivity index (χ0n) is 29.0. The predicted octanol–water partition coefficient (Wildman–Crippen LogP) is 13.9. The SMILES string of the molecule is c1ccc(-c2nc(-n3c4c(-c5cccc6sc7ccccc7c56)cccc4c4c5ccccc5c5ccccc5c43)nc3c2ccc2ccccc23)cc1. The smallest absolute Gasteiger partial charge is 0.235 e. The first-order chi connectivity index (χ1) is 26.8. The third kappa shape index (κ3) is 4.11. The second-order valence-corrected chi connectivity index (χ2v) is 15.1. The highest BCUT2D eigenvalue weighted by molar-refractivity contribution is 7.25. The van der Waals surface area contributed by atoms with Crippen molar-refractivity contribution in [3.63, 3.8) is 0 Å². The molecule has 3 nitrogen and oxygen atoms in total. The van der Waals surface area contributed by atoms with E-state index in [9.17, 15) is 0 Å². The van der Waals surface area contributed by atoms with E-state index in [1.807, 2.05) is 11.3 Å². The molecule has 0 saturated heterocycles. The highest BCUT2D eigenvalue weighted by atomic mass is 32.1. The van der Waals surface area contributed by atoms with Gasteiger partial charge in [0.25, 0.3) is 0 Å². The summed E-state index contributed by atoms with van der Waals surface area (Å²) in [6.45, 7) is 0. The molecular weight excluding hydrogens is 675 g/mol. The van der Waals surface area contributed by atoms with Gasteiger partial charge in [-0.1, -0.05) is 158 Å². The molecule has 0 unspecified atom stereocenters. The van der Waals surface area contributed by atoms with E-state index >= 15 is 0 Å². The lowest BCUT2D eigenvalue weighted by atomic mass is 9.95. The van der Waals surface area contributed by atoms with Crippen molar-refractivity contribution in [1.29, 1.82) is 0 Å². The molecule has 3 heterocycles. The molecule has 54 heavy (non-hydrogen) atoms. The Morgan fingerprint density at radius 3 is 1.85 bits per heavy atom. The van der Waals surface area contributed by atoms with E-state index in [0.29, 0.717) is 5.95 Å². The van der Waals surface area contributed by atoms with Crippen LogP contribution in [-0.4, -0.2) is 14.5 Å². The van der Waals surface area contributed by atoms with Gasteiger partial charge in [0.1, 0.15) is 0 Å². The van der Waals surface area contributed by atoms with Crippen LogP contribution in [0, 0.1) is 0 Å². The van der Waals surface area contributed by atoms with E-state index in [2.05, 4.69) is 180 Å². The summed E-state index contributed by atoms with van der Waals surface area (Å²) in [5.41, 5.74) is 7.53. The second-order valence-electron chi connectivity index (χ2n) is 14.0. The molecule has 0 aliphatic carbocycles. The zero-order chi connectivity index (χ0) is 35.3. The lowest BCUT2D eigenvalue weighted by molar-refractivity contribution is 1.02. The summed E-state index contributed by atoms with van der Waals surface area (Å²) in [6.07, 6.45) is 0. The number of rotatable bonds is 3. The number of thiophene rings is 1. The predicted molar refractivity (Wildman–Crippen MR) is 230 cm³/mol. The number of nitrogens with zero attached hydrogens (tertiary/aromatic N) is 3. The molecule has 0 fully saturated rings. The van der Waals surface area contributed by atoms with Gasteiger partial charge in [0.05, 0.1) is 22.2 Å². The molecule has 0 radical (unpaired) electrons. The topological polar surface area (TPSA) is 30.7 Å². The minimum Gasteiger partial charge on any atom is -0.277 e. The van der Waals surface area contributed by atoms with Crippen molar-refractivity contribution in [2.24, 2.45) is 0 Å². The largest absolute Gasteiger partial charge is 0.277 e. The molecule has 3 aromatic heterocycles. The lowest BCUT2D eigenvalue weighted by Gasteiger charge is -2.16. The summed E-state index contributed by atoms with van der Waals surface area (Å²) < 4.78 is 4.96. The van der Waals surface area contributed by atoms with Crippen molar-refractivity contribution in [2.45, 2.75) is 0 Å². The minimum atomic E-state index is 0.660. The maximum absolute atomic E-state index is 5.61. The van der Waals surface area contributed by atoms with Gasteiger partial charge in [-0.05, 0) is 45.3 Å². The Balaban J connectivity index is 1.34. The maximum atomic E-state index is 5.61. The first-order valence-electron chi connectivity index (χ1n) is 18.3. The fourth-order valence-corrected chi connectivity index (χ4v) is 10.0. The van der Waals surface area contributed by atoms with Gasteiger partial charge < -0.3 is 0 Å². The van der Waals surface area contributed by atoms with Gasteiger partial charge in [-0.3, -0.25) is 4.57 Å². The third-order valence-electron chi connectivity index (χ3n) is 11.2. The van der Waals surface area contributed by atoms with Crippen LogP contribution in [0.1, 0.15) is 0 Å². The van der Waals surface area contributed by atoms with Gasteiger partial charge in [0.2, 0.25) is 5.95 Å². The van der Waals surface area contributed by atoms with Crippen LogP contribution in [0.25, 0.3) is 114 Å². The van der Waals surface area contributed by atoms with Gasteiger partial charge in [0, 0.05) is 58.2 Å². The molecule has 0 bridgehead atoms. The molecule has 0 spiro atoms. The molecule has 9 aromatic carbocycles.